The topological polar surface area (TPSA) is 9.23 Å². The van der Waals surface area contributed by atoms with Gasteiger partial charge in [-0.1, -0.05) is 73.4 Å². The average Bonchev–Trinajstić information content (AvgIpc) is 2.47. The summed E-state index contributed by atoms with van der Waals surface area (Å²) in [6, 6.07) is 17.2. The third kappa shape index (κ3) is 4.61. The molecule has 0 unspecified atom stereocenters. The molecule has 2 aromatic rings. The molecule has 1 nitrogen and oxygen atoms in total. The first-order valence-corrected chi connectivity index (χ1v) is 10.9. The molecule has 0 N–H and O–H groups in total. The number of methoxy groups -OCH3 is 1. The predicted molar refractivity (Wildman–Crippen MR) is 95.2 cm³/mol. The van der Waals surface area contributed by atoms with Crippen molar-refractivity contribution in [2.24, 2.45) is 0 Å². The van der Waals surface area contributed by atoms with Gasteiger partial charge in [-0.05, 0) is 29.7 Å². The Labute approximate surface area is 129 Å². The summed E-state index contributed by atoms with van der Waals surface area (Å²) in [4.78, 5) is 0. The highest BCUT2D eigenvalue weighted by Gasteiger charge is 2.15. The van der Waals surface area contributed by atoms with Crippen molar-refractivity contribution in [2.45, 2.75) is 26.1 Å². The van der Waals surface area contributed by atoms with E-state index in [0.717, 1.165) is 12.2 Å². The molecule has 2 aromatic carbocycles. The van der Waals surface area contributed by atoms with E-state index in [1.165, 1.54) is 16.3 Å². The van der Waals surface area contributed by atoms with Gasteiger partial charge >= 0.3 is 0 Å². The minimum Gasteiger partial charge on any atom is -0.497 e. The van der Waals surface area contributed by atoms with Crippen LogP contribution in [0, 0.1) is 0 Å². The van der Waals surface area contributed by atoms with Crippen molar-refractivity contribution < 1.29 is 4.74 Å². The van der Waals surface area contributed by atoms with Crippen molar-refractivity contribution in [3.63, 3.8) is 0 Å². The van der Waals surface area contributed by atoms with Crippen LogP contribution in [0.25, 0.3) is 6.08 Å². The van der Waals surface area contributed by atoms with Crippen LogP contribution in [0.15, 0.2) is 54.6 Å². The monoisotopic (exact) mass is 296 g/mol. The van der Waals surface area contributed by atoms with Crippen LogP contribution in [0.3, 0.4) is 0 Å². The molecule has 2 heteroatoms. The Hall–Kier alpha value is -1.80. The van der Waals surface area contributed by atoms with E-state index >= 15 is 0 Å². The zero-order valence-electron chi connectivity index (χ0n) is 13.4. The van der Waals surface area contributed by atoms with Gasteiger partial charge in [0.05, 0.1) is 15.2 Å². The predicted octanol–water partition coefficient (Wildman–Crippen LogP) is 4.50. The fourth-order valence-electron chi connectivity index (χ4n) is 2.19. The van der Waals surface area contributed by atoms with Crippen LogP contribution < -0.4 is 9.92 Å². The molecule has 0 aliphatic rings. The molecule has 0 saturated carbocycles. The van der Waals surface area contributed by atoms with Gasteiger partial charge in [-0.15, -0.1) is 0 Å². The maximum Gasteiger partial charge on any atom is 0.118 e. The van der Waals surface area contributed by atoms with Gasteiger partial charge in [0.2, 0.25) is 0 Å². The smallest absolute Gasteiger partial charge is 0.118 e. The third-order valence-corrected chi connectivity index (χ3v) is 5.67. The van der Waals surface area contributed by atoms with E-state index in [-0.39, 0.29) is 0 Å². The second kappa shape index (κ2) is 6.77. The van der Waals surface area contributed by atoms with Gasteiger partial charge in [0.25, 0.3) is 0 Å². The van der Waals surface area contributed by atoms with E-state index in [1.807, 2.05) is 12.1 Å². The summed E-state index contributed by atoms with van der Waals surface area (Å²) in [6.45, 7) is 7.14. The fraction of sp³-hybridized carbons (Fsp3) is 0.263. The van der Waals surface area contributed by atoms with E-state index in [4.69, 9.17) is 4.74 Å². The van der Waals surface area contributed by atoms with Gasteiger partial charge in [0, 0.05) is 0 Å². The molecule has 21 heavy (non-hydrogen) atoms. The van der Waals surface area contributed by atoms with Crippen LogP contribution in [0.1, 0.15) is 11.1 Å². The minimum absolute atomic E-state index is 0.897. The Bertz CT molecular complexity index is 589. The summed E-state index contributed by atoms with van der Waals surface area (Å²) in [5.74, 6) is 0.897. The molecule has 0 radical (unpaired) electrons. The van der Waals surface area contributed by atoms with E-state index in [2.05, 4.69) is 68.2 Å². The van der Waals surface area contributed by atoms with Crippen molar-refractivity contribution in [2.75, 3.05) is 7.11 Å². The van der Waals surface area contributed by atoms with E-state index in [1.54, 1.807) is 7.11 Å². The van der Waals surface area contributed by atoms with Gasteiger partial charge in [-0.3, -0.25) is 0 Å². The first-order valence-electron chi connectivity index (χ1n) is 7.39. The molecule has 0 atom stereocenters. The second-order valence-corrected chi connectivity index (χ2v) is 11.4. The SMILES string of the molecule is COc1ccc(/C=C/Cc2ccc([Si](C)(C)C)cc2)cc1. The molecular weight excluding hydrogens is 272 g/mol. The summed E-state index contributed by atoms with van der Waals surface area (Å²) in [5, 5.41) is 1.52. The molecule has 0 amide bonds. The highest BCUT2D eigenvalue weighted by molar-refractivity contribution is 6.88. The quantitative estimate of drug-likeness (QED) is 0.738. The number of hydrogen-bond acceptors (Lipinski definition) is 1. The van der Waals surface area contributed by atoms with Crippen LogP contribution in [-0.4, -0.2) is 15.2 Å². The van der Waals surface area contributed by atoms with Crippen LogP contribution in [0.5, 0.6) is 5.75 Å². The Morgan fingerprint density at radius 1 is 0.905 bits per heavy atom. The summed E-state index contributed by atoms with van der Waals surface area (Å²) in [7, 11) is 0.510. The van der Waals surface area contributed by atoms with E-state index in [9.17, 15) is 0 Å². The van der Waals surface area contributed by atoms with Crippen LogP contribution >= 0.6 is 0 Å². The Morgan fingerprint density at radius 2 is 1.52 bits per heavy atom. The Morgan fingerprint density at radius 3 is 2.05 bits per heavy atom. The summed E-state index contributed by atoms with van der Waals surface area (Å²) < 4.78 is 5.16. The maximum atomic E-state index is 5.16. The number of hydrogen-bond donors (Lipinski definition) is 0. The number of allylic oxidation sites excluding steroid dienone is 1. The van der Waals surface area contributed by atoms with E-state index in [0.29, 0.717) is 0 Å². The highest BCUT2D eigenvalue weighted by Crippen LogP contribution is 2.13. The number of rotatable bonds is 5. The van der Waals surface area contributed by atoms with Gasteiger partial charge in [-0.2, -0.15) is 0 Å². The zero-order chi connectivity index (χ0) is 15.3. The van der Waals surface area contributed by atoms with Crippen LogP contribution in [-0.2, 0) is 6.42 Å². The zero-order valence-corrected chi connectivity index (χ0v) is 14.4. The maximum absolute atomic E-state index is 5.16. The number of ether oxygens (including phenoxy) is 1. The molecule has 0 heterocycles. The molecule has 0 aromatic heterocycles. The summed E-state index contributed by atoms with van der Waals surface area (Å²) >= 11 is 0. The fourth-order valence-corrected chi connectivity index (χ4v) is 3.35. The Balaban J connectivity index is 1.97. The molecule has 2 rings (SSSR count). The van der Waals surface area contributed by atoms with Crippen LogP contribution in [0.2, 0.25) is 19.6 Å². The molecular formula is C19H24OSi. The second-order valence-electron chi connectivity index (χ2n) is 6.33. The molecule has 110 valence electrons. The average molecular weight is 296 g/mol. The lowest BCUT2D eigenvalue weighted by atomic mass is 10.1. The summed E-state index contributed by atoms with van der Waals surface area (Å²) in [6.07, 6.45) is 5.34. The molecule has 0 spiro atoms. The number of benzene rings is 2. The first-order chi connectivity index (χ1) is 9.99. The highest BCUT2D eigenvalue weighted by atomic mass is 28.3. The third-order valence-electron chi connectivity index (χ3n) is 3.60. The molecule has 0 aliphatic heterocycles. The van der Waals surface area contributed by atoms with Crippen molar-refractivity contribution in [1.29, 1.82) is 0 Å². The van der Waals surface area contributed by atoms with Crippen molar-refractivity contribution in [3.05, 3.63) is 65.7 Å². The lowest BCUT2D eigenvalue weighted by molar-refractivity contribution is 0.415. The lowest BCUT2D eigenvalue weighted by Gasteiger charge is -2.16. The lowest BCUT2D eigenvalue weighted by Crippen LogP contribution is -2.37. The van der Waals surface area contributed by atoms with Crippen molar-refractivity contribution in [1.82, 2.24) is 0 Å². The van der Waals surface area contributed by atoms with Crippen molar-refractivity contribution in [3.8, 4) is 5.75 Å². The van der Waals surface area contributed by atoms with Gasteiger partial charge in [-0.25, -0.2) is 0 Å². The molecule has 0 fully saturated rings. The van der Waals surface area contributed by atoms with Crippen LogP contribution in [0.4, 0.5) is 0 Å². The largest absolute Gasteiger partial charge is 0.497 e. The first kappa shape index (κ1) is 15.6. The molecule has 0 saturated heterocycles. The minimum atomic E-state index is -1.18. The van der Waals surface area contributed by atoms with Gasteiger partial charge < -0.3 is 4.74 Å². The standard InChI is InChI=1S/C19H24OSi/c1-20-18-12-8-16(9-13-18)6-5-7-17-10-14-19(15-11-17)21(2,3)4/h5-6,8-15H,7H2,1-4H3/b6-5+. The van der Waals surface area contributed by atoms with Gasteiger partial charge in [0.15, 0.2) is 0 Å². The molecule has 0 aliphatic carbocycles. The van der Waals surface area contributed by atoms with Gasteiger partial charge in [0.1, 0.15) is 5.75 Å². The normalized spacial score (nSPS) is 11.8. The molecule has 0 bridgehead atoms. The van der Waals surface area contributed by atoms with E-state index < -0.39 is 8.07 Å². The Kier molecular flexibility index (Phi) is 5.02. The van der Waals surface area contributed by atoms with Crippen molar-refractivity contribution >= 4 is 19.3 Å². The summed E-state index contributed by atoms with van der Waals surface area (Å²) in [5.41, 5.74) is 2.57.